The number of para-hydroxylation sites is 1. The molecule has 0 aliphatic rings. The Kier molecular flexibility index (Phi) is 4.06. The van der Waals surface area contributed by atoms with Crippen LogP contribution in [0.4, 0.5) is 4.39 Å². The molecule has 0 saturated carbocycles. The second-order valence-electron chi connectivity index (χ2n) is 3.87. The minimum atomic E-state index is -1.09. The quantitative estimate of drug-likeness (QED) is 0.840. The first-order chi connectivity index (χ1) is 9.08. The van der Waals surface area contributed by atoms with Crippen molar-refractivity contribution >= 4 is 17.7 Å². The number of halogens is 1. The molecular weight excluding hydrogens is 267 g/mol. The van der Waals surface area contributed by atoms with Crippen LogP contribution >= 0.6 is 11.8 Å². The second kappa shape index (κ2) is 5.75. The van der Waals surface area contributed by atoms with Crippen LogP contribution in [0.3, 0.4) is 0 Å². The zero-order valence-electron chi connectivity index (χ0n) is 9.84. The summed E-state index contributed by atoms with van der Waals surface area (Å²) in [5, 5.41) is 18.5. The van der Waals surface area contributed by atoms with E-state index in [-0.39, 0.29) is 17.1 Å². The molecule has 2 N–H and O–H groups in total. The maximum Gasteiger partial charge on any atom is 0.335 e. The molecule has 0 saturated heterocycles. The lowest BCUT2D eigenvalue weighted by Crippen LogP contribution is -1.99. The lowest BCUT2D eigenvalue weighted by Gasteiger charge is -2.06. The van der Waals surface area contributed by atoms with E-state index in [1.54, 1.807) is 24.3 Å². The van der Waals surface area contributed by atoms with Crippen molar-refractivity contribution < 1.29 is 19.4 Å². The maximum absolute atomic E-state index is 13.6. The molecule has 0 aliphatic heterocycles. The summed E-state index contributed by atoms with van der Waals surface area (Å²) in [4.78, 5) is 11.5. The maximum atomic E-state index is 13.6. The van der Waals surface area contributed by atoms with Crippen molar-refractivity contribution in [3.8, 4) is 5.75 Å². The second-order valence-corrected chi connectivity index (χ2v) is 4.88. The van der Waals surface area contributed by atoms with E-state index in [1.165, 1.54) is 23.9 Å². The van der Waals surface area contributed by atoms with E-state index in [9.17, 15) is 14.3 Å². The summed E-state index contributed by atoms with van der Waals surface area (Å²) in [6.45, 7) is 0. The van der Waals surface area contributed by atoms with Crippen molar-refractivity contribution in [2.75, 3.05) is 0 Å². The number of carbonyl (C=O) groups is 1. The van der Waals surface area contributed by atoms with Crippen LogP contribution in [0.1, 0.15) is 15.9 Å². The van der Waals surface area contributed by atoms with Crippen LogP contribution in [-0.2, 0) is 5.75 Å². The molecule has 3 nitrogen and oxygen atoms in total. The number of carboxylic acids is 1. The Hall–Kier alpha value is -2.01. The molecule has 0 spiro atoms. The average Bonchev–Trinajstić information content (AvgIpc) is 2.39. The van der Waals surface area contributed by atoms with Gasteiger partial charge in [0.05, 0.1) is 5.56 Å². The van der Waals surface area contributed by atoms with Crippen LogP contribution in [-0.4, -0.2) is 16.2 Å². The van der Waals surface area contributed by atoms with Crippen LogP contribution in [0.15, 0.2) is 47.4 Å². The van der Waals surface area contributed by atoms with Gasteiger partial charge in [0, 0.05) is 10.6 Å². The molecule has 98 valence electrons. The highest BCUT2D eigenvalue weighted by atomic mass is 32.2. The van der Waals surface area contributed by atoms with E-state index >= 15 is 0 Å². The molecule has 0 bridgehead atoms. The summed E-state index contributed by atoms with van der Waals surface area (Å²) >= 11 is 1.25. The Balaban J connectivity index is 2.17. The smallest absolute Gasteiger partial charge is 0.335 e. The number of carboxylic acid groups (broad SMARTS) is 1. The lowest BCUT2D eigenvalue weighted by molar-refractivity contribution is 0.0696. The van der Waals surface area contributed by atoms with Gasteiger partial charge in [-0.1, -0.05) is 12.1 Å². The largest absolute Gasteiger partial charge is 0.507 e. The minimum Gasteiger partial charge on any atom is -0.507 e. The first-order valence-corrected chi connectivity index (χ1v) is 6.49. The predicted molar refractivity (Wildman–Crippen MR) is 71.0 cm³/mol. The Labute approximate surface area is 113 Å². The molecule has 0 amide bonds. The van der Waals surface area contributed by atoms with Crippen LogP contribution in [0, 0.1) is 5.82 Å². The Morgan fingerprint density at radius 3 is 2.63 bits per heavy atom. The summed E-state index contributed by atoms with van der Waals surface area (Å²) in [5.74, 6) is -1.16. The highest BCUT2D eigenvalue weighted by molar-refractivity contribution is 7.98. The van der Waals surface area contributed by atoms with Crippen molar-refractivity contribution in [3.05, 3.63) is 59.4 Å². The molecule has 0 heterocycles. The Bertz CT molecular complexity index is 613. The minimum absolute atomic E-state index is 0.0503. The Morgan fingerprint density at radius 2 is 1.95 bits per heavy atom. The van der Waals surface area contributed by atoms with Gasteiger partial charge in [-0.25, -0.2) is 9.18 Å². The molecule has 5 heteroatoms. The third-order valence-corrected chi connectivity index (χ3v) is 3.65. The third kappa shape index (κ3) is 3.26. The molecule has 0 atom stereocenters. The van der Waals surface area contributed by atoms with Gasteiger partial charge in [0.2, 0.25) is 0 Å². The molecule has 2 rings (SSSR count). The number of aromatic carboxylic acids is 1. The van der Waals surface area contributed by atoms with E-state index in [1.807, 2.05) is 0 Å². The first kappa shape index (κ1) is 13.4. The lowest BCUT2D eigenvalue weighted by atomic mass is 10.1. The summed E-state index contributed by atoms with van der Waals surface area (Å²) in [6.07, 6.45) is 0. The molecule has 2 aromatic rings. The summed E-state index contributed by atoms with van der Waals surface area (Å²) in [5.41, 5.74) is 0.349. The normalized spacial score (nSPS) is 10.4. The van der Waals surface area contributed by atoms with Gasteiger partial charge in [-0.3, -0.25) is 0 Å². The number of aromatic hydroxyl groups is 1. The van der Waals surface area contributed by atoms with E-state index in [0.717, 1.165) is 6.07 Å². The summed E-state index contributed by atoms with van der Waals surface area (Å²) in [7, 11) is 0. The number of thioether (sulfide) groups is 1. The Morgan fingerprint density at radius 1 is 1.21 bits per heavy atom. The van der Waals surface area contributed by atoms with Crippen LogP contribution < -0.4 is 0 Å². The average molecular weight is 278 g/mol. The van der Waals surface area contributed by atoms with Crippen molar-refractivity contribution in [2.24, 2.45) is 0 Å². The van der Waals surface area contributed by atoms with Crippen LogP contribution in [0.2, 0.25) is 0 Å². The molecule has 0 aromatic heterocycles. The van der Waals surface area contributed by atoms with E-state index in [0.29, 0.717) is 10.5 Å². The summed E-state index contributed by atoms with van der Waals surface area (Å²) < 4.78 is 13.6. The van der Waals surface area contributed by atoms with Crippen LogP contribution in [0.25, 0.3) is 0 Å². The molecule has 2 aromatic carbocycles. The van der Waals surface area contributed by atoms with Gasteiger partial charge in [-0.05, 0) is 35.9 Å². The highest BCUT2D eigenvalue weighted by Gasteiger charge is 2.09. The number of benzene rings is 2. The molecule has 19 heavy (non-hydrogen) atoms. The van der Waals surface area contributed by atoms with Crippen LogP contribution in [0.5, 0.6) is 5.75 Å². The van der Waals surface area contributed by atoms with Crippen molar-refractivity contribution in [2.45, 2.75) is 10.6 Å². The number of rotatable bonds is 4. The van der Waals surface area contributed by atoms with E-state index in [2.05, 4.69) is 0 Å². The topological polar surface area (TPSA) is 57.5 Å². The molecule has 0 fully saturated rings. The molecule has 0 aliphatic carbocycles. The van der Waals surface area contributed by atoms with E-state index < -0.39 is 11.8 Å². The first-order valence-electron chi connectivity index (χ1n) is 5.50. The van der Waals surface area contributed by atoms with Crippen molar-refractivity contribution in [1.82, 2.24) is 0 Å². The van der Waals surface area contributed by atoms with Gasteiger partial charge < -0.3 is 10.2 Å². The monoisotopic (exact) mass is 278 g/mol. The third-order valence-electron chi connectivity index (χ3n) is 2.54. The van der Waals surface area contributed by atoms with Gasteiger partial charge >= 0.3 is 5.97 Å². The standard InChI is InChI=1S/C14H11FO3S/c15-11-6-5-9(14(17)18)7-10(11)8-19-13-4-2-1-3-12(13)16/h1-7,16H,8H2,(H,17,18). The fourth-order valence-corrected chi connectivity index (χ4v) is 2.48. The number of phenolic OH excluding ortho intramolecular Hbond substituents is 1. The van der Waals surface area contributed by atoms with Gasteiger partial charge in [-0.15, -0.1) is 11.8 Å². The zero-order chi connectivity index (χ0) is 13.8. The molecular formula is C14H11FO3S. The fourth-order valence-electron chi connectivity index (χ4n) is 1.55. The number of hydrogen-bond acceptors (Lipinski definition) is 3. The van der Waals surface area contributed by atoms with Gasteiger partial charge in [0.15, 0.2) is 0 Å². The van der Waals surface area contributed by atoms with Crippen molar-refractivity contribution in [3.63, 3.8) is 0 Å². The van der Waals surface area contributed by atoms with Gasteiger partial charge in [0.25, 0.3) is 0 Å². The summed E-state index contributed by atoms with van der Waals surface area (Å²) in [6, 6.07) is 10.4. The van der Waals surface area contributed by atoms with Crippen molar-refractivity contribution in [1.29, 1.82) is 0 Å². The number of phenols is 1. The predicted octanol–water partition coefficient (Wildman–Crippen LogP) is 3.52. The fraction of sp³-hybridized carbons (Fsp3) is 0.0714. The van der Waals surface area contributed by atoms with Gasteiger partial charge in [0.1, 0.15) is 11.6 Å². The molecule has 0 radical (unpaired) electrons. The molecule has 0 unspecified atom stereocenters. The SMILES string of the molecule is O=C(O)c1ccc(F)c(CSc2ccccc2O)c1. The zero-order valence-corrected chi connectivity index (χ0v) is 10.7. The number of hydrogen-bond donors (Lipinski definition) is 2. The highest BCUT2D eigenvalue weighted by Crippen LogP contribution is 2.31. The van der Waals surface area contributed by atoms with E-state index in [4.69, 9.17) is 5.11 Å². The van der Waals surface area contributed by atoms with Gasteiger partial charge in [-0.2, -0.15) is 0 Å².